The minimum Gasteiger partial charge on any atom is -0.343 e. The van der Waals surface area contributed by atoms with Crippen molar-refractivity contribution in [1.82, 2.24) is 10.2 Å². The third-order valence-electron chi connectivity index (χ3n) is 3.48. The summed E-state index contributed by atoms with van der Waals surface area (Å²) in [7, 11) is 0. The number of nitrogens with zero attached hydrogens (tertiary/aromatic N) is 1. The molecule has 0 aromatic heterocycles. The van der Waals surface area contributed by atoms with Gasteiger partial charge in [-0.05, 0) is 43.5 Å². The van der Waals surface area contributed by atoms with Crippen LogP contribution in [-0.2, 0) is 11.2 Å². The van der Waals surface area contributed by atoms with Crippen molar-refractivity contribution in [3.63, 3.8) is 0 Å². The topological polar surface area (TPSA) is 75.4 Å². The van der Waals surface area contributed by atoms with Gasteiger partial charge in [0.2, 0.25) is 5.91 Å². The van der Waals surface area contributed by atoms with Gasteiger partial charge in [-0.15, -0.1) is 0 Å². The van der Waals surface area contributed by atoms with Crippen LogP contribution in [0.4, 0.5) is 0 Å². The van der Waals surface area contributed by atoms with E-state index in [9.17, 15) is 9.59 Å². The van der Waals surface area contributed by atoms with Crippen molar-refractivity contribution in [2.45, 2.75) is 19.3 Å². The van der Waals surface area contributed by atoms with E-state index in [-0.39, 0.29) is 18.4 Å². The number of likely N-dealkylation sites (tertiary alicyclic amines) is 1. The molecule has 0 spiro atoms. The second-order valence-electron chi connectivity index (χ2n) is 5.01. The van der Waals surface area contributed by atoms with E-state index in [0.717, 1.165) is 37.9 Å². The number of nitrogens with two attached hydrogens (primary N) is 1. The summed E-state index contributed by atoms with van der Waals surface area (Å²) in [5.74, 6) is -0.217. The van der Waals surface area contributed by atoms with Gasteiger partial charge in [0.15, 0.2) is 0 Å². The molecule has 1 aliphatic heterocycles. The Morgan fingerprint density at radius 2 is 2.00 bits per heavy atom. The predicted molar refractivity (Wildman–Crippen MR) is 77.3 cm³/mol. The van der Waals surface area contributed by atoms with Gasteiger partial charge >= 0.3 is 0 Å². The first kappa shape index (κ1) is 14.5. The third kappa shape index (κ3) is 3.81. The Bertz CT molecular complexity index is 482. The molecule has 20 heavy (non-hydrogen) atoms. The average Bonchev–Trinajstić information content (AvgIpc) is 2.99. The van der Waals surface area contributed by atoms with Crippen LogP contribution >= 0.6 is 0 Å². The highest BCUT2D eigenvalue weighted by Gasteiger charge is 2.18. The molecule has 0 atom stereocenters. The average molecular weight is 275 g/mol. The zero-order chi connectivity index (χ0) is 14.4. The van der Waals surface area contributed by atoms with Gasteiger partial charge in [0, 0.05) is 18.7 Å². The summed E-state index contributed by atoms with van der Waals surface area (Å²) in [6, 6.07) is 7.35. The molecule has 5 nitrogen and oxygen atoms in total. The van der Waals surface area contributed by atoms with Crippen molar-refractivity contribution in [2.75, 3.05) is 26.2 Å². The zero-order valence-corrected chi connectivity index (χ0v) is 11.6. The lowest BCUT2D eigenvalue weighted by Gasteiger charge is -2.15. The Balaban J connectivity index is 1.87. The molecule has 0 aliphatic carbocycles. The summed E-state index contributed by atoms with van der Waals surface area (Å²) >= 11 is 0. The van der Waals surface area contributed by atoms with E-state index in [0.29, 0.717) is 12.1 Å². The SMILES string of the molecule is NCCc1cccc(C(=O)NCC(=O)N2CCCC2)c1. The highest BCUT2D eigenvalue weighted by molar-refractivity contribution is 5.96. The van der Waals surface area contributed by atoms with E-state index >= 15 is 0 Å². The maximum atomic E-state index is 12.0. The molecule has 1 fully saturated rings. The van der Waals surface area contributed by atoms with Gasteiger partial charge in [-0.3, -0.25) is 9.59 Å². The van der Waals surface area contributed by atoms with Crippen LogP contribution in [0.15, 0.2) is 24.3 Å². The largest absolute Gasteiger partial charge is 0.343 e. The van der Waals surface area contributed by atoms with Crippen molar-refractivity contribution >= 4 is 11.8 Å². The van der Waals surface area contributed by atoms with Crippen LogP contribution in [0.3, 0.4) is 0 Å². The fraction of sp³-hybridized carbons (Fsp3) is 0.467. The lowest BCUT2D eigenvalue weighted by atomic mass is 10.1. The molecule has 1 saturated heterocycles. The molecule has 0 saturated carbocycles. The first-order valence-corrected chi connectivity index (χ1v) is 7.05. The quantitative estimate of drug-likeness (QED) is 0.823. The highest BCUT2D eigenvalue weighted by Crippen LogP contribution is 2.08. The van der Waals surface area contributed by atoms with Crippen molar-refractivity contribution < 1.29 is 9.59 Å². The molecule has 0 unspecified atom stereocenters. The Morgan fingerprint density at radius 1 is 1.25 bits per heavy atom. The minimum atomic E-state index is -0.212. The number of hydrogen-bond acceptors (Lipinski definition) is 3. The zero-order valence-electron chi connectivity index (χ0n) is 11.6. The van der Waals surface area contributed by atoms with Crippen molar-refractivity contribution in [1.29, 1.82) is 0 Å². The lowest BCUT2D eigenvalue weighted by molar-refractivity contribution is -0.129. The molecule has 1 aromatic carbocycles. The van der Waals surface area contributed by atoms with E-state index in [1.807, 2.05) is 18.2 Å². The van der Waals surface area contributed by atoms with Crippen molar-refractivity contribution in [3.05, 3.63) is 35.4 Å². The molecular formula is C15H21N3O2. The fourth-order valence-corrected chi connectivity index (χ4v) is 2.37. The van der Waals surface area contributed by atoms with Crippen LogP contribution in [0, 0.1) is 0 Å². The normalized spacial score (nSPS) is 14.3. The molecule has 1 heterocycles. The number of carbonyl (C=O) groups is 2. The van der Waals surface area contributed by atoms with Gasteiger partial charge in [0.1, 0.15) is 0 Å². The lowest BCUT2D eigenvalue weighted by Crippen LogP contribution is -2.38. The molecule has 0 bridgehead atoms. The first-order valence-electron chi connectivity index (χ1n) is 7.05. The summed E-state index contributed by atoms with van der Waals surface area (Å²) in [5.41, 5.74) is 7.11. The van der Waals surface area contributed by atoms with Gasteiger partial charge < -0.3 is 16.0 Å². The standard InChI is InChI=1S/C15H21N3O2/c16-7-6-12-4-3-5-13(10-12)15(20)17-11-14(19)18-8-1-2-9-18/h3-5,10H,1-2,6-9,11,16H2,(H,17,20). The second-order valence-corrected chi connectivity index (χ2v) is 5.01. The molecule has 2 rings (SSSR count). The van der Waals surface area contributed by atoms with E-state index in [1.54, 1.807) is 11.0 Å². The van der Waals surface area contributed by atoms with Gasteiger partial charge in [0.25, 0.3) is 5.91 Å². The molecular weight excluding hydrogens is 254 g/mol. The maximum Gasteiger partial charge on any atom is 0.251 e. The van der Waals surface area contributed by atoms with Gasteiger partial charge in [-0.25, -0.2) is 0 Å². The third-order valence-corrected chi connectivity index (χ3v) is 3.48. The Kier molecular flexibility index (Phi) is 5.12. The molecule has 3 N–H and O–H groups in total. The summed E-state index contributed by atoms with van der Waals surface area (Å²) in [4.78, 5) is 25.6. The van der Waals surface area contributed by atoms with Crippen LogP contribution < -0.4 is 11.1 Å². The number of hydrogen-bond donors (Lipinski definition) is 2. The van der Waals surface area contributed by atoms with Crippen LogP contribution in [-0.4, -0.2) is 42.9 Å². The smallest absolute Gasteiger partial charge is 0.251 e. The highest BCUT2D eigenvalue weighted by atomic mass is 16.2. The minimum absolute atomic E-state index is 0.00559. The fourth-order valence-electron chi connectivity index (χ4n) is 2.37. The molecule has 0 radical (unpaired) electrons. The molecule has 5 heteroatoms. The monoisotopic (exact) mass is 275 g/mol. The number of amides is 2. The van der Waals surface area contributed by atoms with E-state index in [4.69, 9.17) is 5.73 Å². The molecule has 108 valence electrons. The second kappa shape index (κ2) is 7.05. The molecule has 2 amide bonds. The van der Waals surface area contributed by atoms with Gasteiger partial charge in [0.05, 0.1) is 6.54 Å². The number of rotatable bonds is 5. The summed E-state index contributed by atoms with van der Waals surface area (Å²) in [6.07, 6.45) is 2.86. The van der Waals surface area contributed by atoms with Gasteiger partial charge in [-0.2, -0.15) is 0 Å². The van der Waals surface area contributed by atoms with E-state index in [2.05, 4.69) is 5.32 Å². The summed E-state index contributed by atoms with van der Waals surface area (Å²) in [5, 5.41) is 2.68. The summed E-state index contributed by atoms with van der Waals surface area (Å²) in [6.45, 7) is 2.24. The van der Waals surface area contributed by atoms with Crippen LogP contribution in [0.2, 0.25) is 0 Å². The maximum absolute atomic E-state index is 12.0. The Labute approximate surface area is 119 Å². The summed E-state index contributed by atoms with van der Waals surface area (Å²) < 4.78 is 0. The van der Waals surface area contributed by atoms with E-state index in [1.165, 1.54) is 0 Å². The first-order chi connectivity index (χ1) is 9.70. The Morgan fingerprint density at radius 3 is 2.70 bits per heavy atom. The van der Waals surface area contributed by atoms with Crippen LogP contribution in [0.25, 0.3) is 0 Å². The van der Waals surface area contributed by atoms with Gasteiger partial charge in [-0.1, -0.05) is 12.1 Å². The number of nitrogens with one attached hydrogen (secondary N) is 1. The Hall–Kier alpha value is -1.88. The number of benzene rings is 1. The van der Waals surface area contributed by atoms with Crippen molar-refractivity contribution in [2.24, 2.45) is 5.73 Å². The molecule has 1 aromatic rings. The van der Waals surface area contributed by atoms with E-state index < -0.39 is 0 Å². The predicted octanol–water partition coefficient (Wildman–Crippen LogP) is 0.540. The number of carbonyl (C=O) groups excluding carboxylic acids is 2. The van der Waals surface area contributed by atoms with Crippen LogP contribution in [0.5, 0.6) is 0 Å². The van der Waals surface area contributed by atoms with Crippen molar-refractivity contribution in [3.8, 4) is 0 Å². The molecule has 1 aliphatic rings. The van der Waals surface area contributed by atoms with Crippen LogP contribution in [0.1, 0.15) is 28.8 Å².